The lowest BCUT2D eigenvalue weighted by atomic mass is 10.3. The first-order valence-electron chi connectivity index (χ1n) is 4.49. The fourth-order valence-electron chi connectivity index (χ4n) is 1.16. The number of halogens is 1. The van der Waals surface area contributed by atoms with Gasteiger partial charge in [-0.25, -0.2) is 0 Å². The number of nitrogens with zero attached hydrogens (tertiary/aromatic N) is 2. The highest BCUT2D eigenvalue weighted by atomic mass is 35.5. The zero-order valence-electron chi connectivity index (χ0n) is 8.38. The van der Waals surface area contributed by atoms with E-state index in [1.165, 1.54) is 0 Å². The van der Waals surface area contributed by atoms with Crippen molar-refractivity contribution in [2.75, 3.05) is 11.2 Å². The highest BCUT2D eigenvalue weighted by Crippen LogP contribution is 2.11. The molecule has 1 aromatic rings. The number of alkyl halides is 1. The quantitative estimate of drug-likeness (QED) is 0.777. The van der Waals surface area contributed by atoms with Gasteiger partial charge in [-0.1, -0.05) is 0 Å². The predicted molar refractivity (Wildman–Crippen MR) is 56.5 cm³/mol. The van der Waals surface area contributed by atoms with Crippen LogP contribution in [0.4, 0.5) is 5.69 Å². The molecule has 0 bridgehead atoms. The van der Waals surface area contributed by atoms with Gasteiger partial charge in [0.25, 0.3) is 0 Å². The van der Waals surface area contributed by atoms with Gasteiger partial charge in [0.1, 0.15) is 0 Å². The summed E-state index contributed by atoms with van der Waals surface area (Å²) in [6.45, 7) is 1.86. The van der Waals surface area contributed by atoms with Crippen LogP contribution >= 0.6 is 11.6 Å². The second kappa shape index (κ2) is 5.00. The van der Waals surface area contributed by atoms with E-state index in [2.05, 4.69) is 10.4 Å². The Hall–Kier alpha value is -1.03. The first-order chi connectivity index (χ1) is 6.63. The smallest absolute Gasteiger partial charge is 0.224 e. The minimum Gasteiger partial charge on any atom is -0.323 e. The maximum atomic E-state index is 11.3. The standard InChI is InChI=1S/C9H14ClN3O/c1-7-8(6-13(2)12-7)11-9(14)4-3-5-10/h6H,3-5H2,1-2H3,(H,11,14). The summed E-state index contributed by atoms with van der Waals surface area (Å²) >= 11 is 5.49. The molecule has 0 unspecified atom stereocenters. The first-order valence-corrected chi connectivity index (χ1v) is 5.03. The second-order valence-electron chi connectivity index (χ2n) is 3.14. The monoisotopic (exact) mass is 215 g/mol. The molecule has 1 rings (SSSR count). The number of rotatable bonds is 4. The van der Waals surface area contributed by atoms with Gasteiger partial charge in [0.2, 0.25) is 5.91 Å². The number of hydrogen-bond donors (Lipinski definition) is 1. The summed E-state index contributed by atoms with van der Waals surface area (Å²) in [5.41, 5.74) is 1.60. The molecule has 78 valence electrons. The van der Waals surface area contributed by atoms with Gasteiger partial charge >= 0.3 is 0 Å². The zero-order chi connectivity index (χ0) is 10.6. The van der Waals surface area contributed by atoms with Crippen molar-refractivity contribution >= 4 is 23.2 Å². The number of aryl methyl sites for hydroxylation is 2. The van der Waals surface area contributed by atoms with Gasteiger partial charge in [0, 0.05) is 25.5 Å². The summed E-state index contributed by atoms with van der Waals surface area (Å²) in [5, 5.41) is 6.91. The first kappa shape index (κ1) is 11.0. The number of carbonyl (C=O) groups excluding carboxylic acids is 1. The molecule has 0 saturated carbocycles. The van der Waals surface area contributed by atoms with Crippen LogP contribution in [0.25, 0.3) is 0 Å². The van der Waals surface area contributed by atoms with Crippen molar-refractivity contribution in [3.05, 3.63) is 11.9 Å². The van der Waals surface area contributed by atoms with E-state index in [1.807, 2.05) is 14.0 Å². The van der Waals surface area contributed by atoms with Crippen molar-refractivity contribution in [1.82, 2.24) is 9.78 Å². The molecule has 0 aliphatic carbocycles. The maximum absolute atomic E-state index is 11.3. The van der Waals surface area contributed by atoms with E-state index >= 15 is 0 Å². The molecule has 1 amide bonds. The molecule has 1 N–H and O–H groups in total. The number of anilines is 1. The summed E-state index contributed by atoms with van der Waals surface area (Å²) < 4.78 is 1.67. The fourth-order valence-corrected chi connectivity index (χ4v) is 1.30. The normalized spacial score (nSPS) is 10.2. The number of amides is 1. The molecule has 1 aromatic heterocycles. The lowest BCUT2D eigenvalue weighted by Gasteiger charge is -2.01. The molecular formula is C9H14ClN3O. The highest BCUT2D eigenvalue weighted by molar-refractivity contribution is 6.18. The Labute approximate surface area is 88.2 Å². The van der Waals surface area contributed by atoms with Crippen LogP contribution in [0.5, 0.6) is 0 Å². The summed E-state index contributed by atoms with van der Waals surface area (Å²) in [5.74, 6) is 0.501. The predicted octanol–water partition coefficient (Wildman–Crippen LogP) is 1.69. The van der Waals surface area contributed by atoms with Gasteiger partial charge in [-0.2, -0.15) is 5.10 Å². The topological polar surface area (TPSA) is 46.9 Å². The van der Waals surface area contributed by atoms with Gasteiger partial charge in [0.05, 0.1) is 11.4 Å². The van der Waals surface area contributed by atoms with Crippen molar-refractivity contribution in [3.8, 4) is 0 Å². The van der Waals surface area contributed by atoms with E-state index in [9.17, 15) is 4.79 Å². The number of nitrogens with one attached hydrogen (secondary N) is 1. The van der Waals surface area contributed by atoms with Crippen LogP contribution in [-0.2, 0) is 11.8 Å². The Morgan fingerprint density at radius 1 is 1.71 bits per heavy atom. The van der Waals surface area contributed by atoms with E-state index in [4.69, 9.17) is 11.6 Å². The Morgan fingerprint density at radius 3 is 2.93 bits per heavy atom. The number of hydrogen-bond acceptors (Lipinski definition) is 2. The van der Waals surface area contributed by atoms with Crippen molar-refractivity contribution in [2.45, 2.75) is 19.8 Å². The zero-order valence-corrected chi connectivity index (χ0v) is 9.14. The van der Waals surface area contributed by atoms with Gasteiger partial charge < -0.3 is 5.32 Å². The fraction of sp³-hybridized carbons (Fsp3) is 0.556. The van der Waals surface area contributed by atoms with Gasteiger partial charge in [-0.3, -0.25) is 9.48 Å². The molecule has 4 nitrogen and oxygen atoms in total. The third-order valence-corrected chi connectivity index (χ3v) is 2.09. The van der Waals surface area contributed by atoms with Crippen molar-refractivity contribution < 1.29 is 4.79 Å². The molecule has 14 heavy (non-hydrogen) atoms. The molecule has 0 fully saturated rings. The van der Waals surface area contributed by atoms with Crippen LogP contribution in [0.1, 0.15) is 18.5 Å². The lowest BCUT2D eigenvalue weighted by molar-refractivity contribution is -0.116. The molecule has 0 atom stereocenters. The molecule has 0 saturated heterocycles. The lowest BCUT2D eigenvalue weighted by Crippen LogP contribution is -2.11. The molecule has 1 heterocycles. The van der Waals surface area contributed by atoms with E-state index in [1.54, 1.807) is 10.9 Å². The van der Waals surface area contributed by atoms with E-state index in [0.29, 0.717) is 18.7 Å². The molecule has 0 spiro atoms. The molecule has 0 aliphatic heterocycles. The average Bonchev–Trinajstić information content (AvgIpc) is 2.42. The largest absolute Gasteiger partial charge is 0.323 e. The Bertz CT molecular complexity index is 322. The van der Waals surface area contributed by atoms with Crippen LogP contribution in [0.2, 0.25) is 0 Å². The minimum absolute atomic E-state index is 0.0123. The maximum Gasteiger partial charge on any atom is 0.224 e. The Morgan fingerprint density at radius 2 is 2.43 bits per heavy atom. The molecule has 0 aromatic carbocycles. The van der Waals surface area contributed by atoms with Crippen LogP contribution in [0.15, 0.2) is 6.20 Å². The van der Waals surface area contributed by atoms with Crippen LogP contribution in [-0.4, -0.2) is 21.6 Å². The highest BCUT2D eigenvalue weighted by Gasteiger charge is 2.06. The minimum atomic E-state index is -0.0123. The van der Waals surface area contributed by atoms with E-state index in [0.717, 1.165) is 11.4 Å². The van der Waals surface area contributed by atoms with Gasteiger partial charge in [-0.15, -0.1) is 11.6 Å². The van der Waals surface area contributed by atoms with E-state index in [-0.39, 0.29) is 5.91 Å². The third kappa shape index (κ3) is 3.03. The second-order valence-corrected chi connectivity index (χ2v) is 3.52. The summed E-state index contributed by atoms with van der Waals surface area (Å²) in [7, 11) is 1.82. The van der Waals surface area contributed by atoms with Crippen LogP contribution < -0.4 is 5.32 Å². The third-order valence-electron chi connectivity index (χ3n) is 1.83. The summed E-state index contributed by atoms with van der Waals surface area (Å²) in [6.07, 6.45) is 2.94. The Balaban J connectivity index is 2.51. The van der Waals surface area contributed by atoms with E-state index < -0.39 is 0 Å². The number of aromatic nitrogens is 2. The van der Waals surface area contributed by atoms with Crippen molar-refractivity contribution in [3.63, 3.8) is 0 Å². The molecule has 0 radical (unpaired) electrons. The van der Waals surface area contributed by atoms with Crippen LogP contribution in [0, 0.1) is 6.92 Å². The summed E-state index contributed by atoms with van der Waals surface area (Å²) in [6, 6.07) is 0. The van der Waals surface area contributed by atoms with Gasteiger partial charge in [-0.05, 0) is 13.3 Å². The van der Waals surface area contributed by atoms with Gasteiger partial charge in [0.15, 0.2) is 0 Å². The SMILES string of the molecule is Cc1nn(C)cc1NC(=O)CCCCl. The Kier molecular flexibility index (Phi) is 3.95. The average molecular weight is 216 g/mol. The van der Waals surface area contributed by atoms with Crippen molar-refractivity contribution in [2.24, 2.45) is 7.05 Å². The summed E-state index contributed by atoms with van der Waals surface area (Å²) in [4.78, 5) is 11.3. The van der Waals surface area contributed by atoms with Crippen LogP contribution in [0.3, 0.4) is 0 Å². The molecular weight excluding hydrogens is 202 g/mol. The van der Waals surface area contributed by atoms with Crippen molar-refractivity contribution in [1.29, 1.82) is 0 Å². The molecule has 5 heteroatoms. The number of carbonyl (C=O) groups is 1. The molecule has 0 aliphatic rings.